The molecule has 6 nitrogen and oxygen atoms in total. The van der Waals surface area contributed by atoms with Gasteiger partial charge in [-0.2, -0.15) is 0 Å². The minimum Gasteiger partial charge on any atom is -0.454 e. The third-order valence-corrected chi connectivity index (χ3v) is 17.2. The molecular formula is C72H50N4O2. The first-order valence-electron chi connectivity index (χ1n) is 27.3. The number of nitrogens with zero attached hydrogens (tertiary/aromatic N) is 4. The van der Waals surface area contributed by atoms with Gasteiger partial charge in [0.15, 0.2) is 11.2 Å². The van der Waals surface area contributed by atoms with Gasteiger partial charge >= 0.3 is 0 Å². The van der Waals surface area contributed by atoms with Crippen molar-refractivity contribution < 1.29 is 8.83 Å². The Kier molecular flexibility index (Phi) is 9.12. The number of furan rings is 2. The van der Waals surface area contributed by atoms with Crippen molar-refractivity contribution in [1.29, 1.82) is 0 Å². The second-order valence-electron chi connectivity index (χ2n) is 21.6. The van der Waals surface area contributed by atoms with Crippen LogP contribution in [0.15, 0.2) is 227 Å². The molecule has 11 aromatic carbocycles. The first-order valence-corrected chi connectivity index (χ1v) is 27.3. The molecule has 6 heteroatoms. The van der Waals surface area contributed by atoms with Gasteiger partial charge in [0.05, 0.1) is 45.5 Å². The van der Waals surface area contributed by atoms with E-state index in [1.807, 2.05) is 0 Å². The fraction of sp³-hybridized carbons (Fsp3) is 0.0833. The maximum absolute atomic E-state index is 6.92. The second kappa shape index (κ2) is 16.4. The maximum Gasteiger partial charge on any atom is 0.159 e. The normalized spacial score (nSPS) is 13.5. The monoisotopic (exact) mass is 1000 g/mol. The van der Waals surface area contributed by atoms with Crippen molar-refractivity contribution in [2.45, 2.75) is 39.5 Å². The van der Waals surface area contributed by atoms with Crippen molar-refractivity contribution in [1.82, 2.24) is 0 Å². The van der Waals surface area contributed by atoms with Gasteiger partial charge in [0.2, 0.25) is 0 Å². The Balaban J connectivity index is 0.846. The lowest BCUT2D eigenvalue weighted by atomic mass is 9.81. The predicted octanol–water partition coefficient (Wildman–Crippen LogP) is 19.6. The maximum atomic E-state index is 6.92. The van der Waals surface area contributed by atoms with Gasteiger partial charge in [0.25, 0.3) is 0 Å². The summed E-state index contributed by atoms with van der Waals surface area (Å²) in [6, 6.07) is 80.5. The molecule has 0 amide bonds. The SMILES string of the molecule is Cc1cccc2c1oc1c(N(c3ccccc3)c3ccc4c5c3Cc3ccccc3N5c3cc5c(cc3C4)N3c4ccccc4Cc4c(N(c6ccccc6)c6cccc7c6oc6c(C)cccc67)ccc(c43)C5)cccc12. The Morgan fingerprint density at radius 3 is 1.15 bits per heavy atom. The van der Waals surface area contributed by atoms with Gasteiger partial charge in [0.1, 0.15) is 11.2 Å². The largest absolute Gasteiger partial charge is 0.454 e. The van der Waals surface area contributed by atoms with Crippen molar-refractivity contribution in [3.63, 3.8) is 0 Å². The number of anilines is 12. The number of hydrogen-bond acceptors (Lipinski definition) is 6. The summed E-state index contributed by atoms with van der Waals surface area (Å²) < 4.78 is 13.8. The van der Waals surface area contributed by atoms with Crippen LogP contribution in [-0.4, -0.2) is 0 Å². The van der Waals surface area contributed by atoms with Crippen LogP contribution in [0, 0.1) is 13.8 Å². The van der Waals surface area contributed by atoms with E-state index in [1.54, 1.807) is 0 Å². The summed E-state index contributed by atoms with van der Waals surface area (Å²) in [6.07, 6.45) is 3.23. The Labute approximate surface area is 451 Å². The Hall–Kier alpha value is -9.78. The van der Waals surface area contributed by atoms with Gasteiger partial charge in [-0.1, -0.05) is 146 Å². The van der Waals surface area contributed by atoms with Crippen LogP contribution in [0.25, 0.3) is 43.9 Å². The number of rotatable bonds is 6. The minimum absolute atomic E-state index is 0.803. The van der Waals surface area contributed by atoms with E-state index in [4.69, 9.17) is 8.83 Å². The van der Waals surface area contributed by atoms with Gasteiger partial charge in [-0.15, -0.1) is 0 Å². The first-order chi connectivity index (χ1) is 38.5. The molecule has 4 aliphatic rings. The van der Waals surface area contributed by atoms with E-state index >= 15 is 0 Å². The molecule has 4 aliphatic heterocycles. The number of fused-ring (bicyclic) bond motifs is 14. The summed E-state index contributed by atoms with van der Waals surface area (Å²) in [6.45, 7) is 4.27. The van der Waals surface area contributed by atoms with Gasteiger partial charge in [-0.05, 0) is 131 Å². The molecule has 78 heavy (non-hydrogen) atoms. The molecule has 0 N–H and O–H groups in total. The molecular weight excluding hydrogens is 953 g/mol. The summed E-state index contributed by atoms with van der Waals surface area (Å²) in [5.74, 6) is 0. The van der Waals surface area contributed by atoms with Crippen molar-refractivity contribution >= 4 is 112 Å². The Morgan fingerprint density at radius 2 is 0.705 bits per heavy atom. The van der Waals surface area contributed by atoms with E-state index in [0.29, 0.717) is 0 Å². The predicted molar refractivity (Wildman–Crippen MR) is 320 cm³/mol. The van der Waals surface area contributed by atoms with Gasteiger partial charge in [0, 0.05) is 81.1 Å². The fourth-order valence-electron chi connectivity index (χ4n) is 13.8. The smallest absolute Gasteiger partial charge is 0.159 e. The summed E-state index contributed by atoms with van der Waals surface area (Å²) in [5, 5.41) is 4.52. The molecule has 13 aromatic rings. The van der Waals surface area contributed by atoms with Crippen LogP contribution in [0.5, 0.6) is 0 Å². The van der Waals surface area contributed by atoms with Crippen molar-refractivity contribution in [2.75, 3.05) is 19.6 Å². The lowest BCUT2D eigenvalue weighted by Crippen LogP contribution is -2.29. The van der Waals surface area contributed by atoms with Crippen LogP contribution in [0.3, 0.4) is 0 Å². The molecule has 370 valence electrons. The lowest BCUT2D eigenvalue weighted by molar-refractivity contribution is 0.665. The van der Waals surface area contributed by atoms with E-state index in [-0.39, 0.29) is 0 Å². The van der Waals surface area contributed by atoms with E-state index in [0.717, 1.165) is 115 Å². The molecule has 0 unspecified atom stereocenters. The highest BCUT2D eigenvalue weighted by Crippen LogP contribution is 2.59. The molecule has 17 rings (SSSR count). The topological polar surface area (TPSA) is 39.2 Å². The number of aryl methyl sites for hydroxylation is 2. The molecule has 0 saturated heterocycles. The van der Waals surface area contributed by atoms with Crippen LogP contribution >= 0.6 is 0 Å². The Morgan fingerprint density at radius 1 is 0.308 bits per heavy atom. The molecule has 0 saturated carbocycles. The van der Waals surface area contributed by atoms with Crippen LogP contribution in [0.4, 0.5) is 68.2 Å². The minimum atomic E-state index is 0.803. The van der Waals surface area contributed by atoms with Crippen molar-refractivity contribution in [3.8, 4) is 0 Å². The zero-order valence-corrected chi connectivity index (χ0v) is 43.2. The molecule has 0 fully saturated rings. The molecule has 2 aromatic heterocycles. The van der Waals surface area contributed by atoms with Crippen LogP contribution in [-0.2, 0) is 25.7 Å². The van der Waals surface area contributed by atoms with Crippen LogP contribution < -0.4 is 19.6 Å². The van der Waals surface area contributed by atoms with Crippen LogP contribution in [0.1, 0.15) is 55.6 Å². The zero-order chi connectivity index (χ0) is 51.3. The quantitative estimate of drug-likeness (QED) is 0.165. The van der Waals surface area contributed by atoms with Crippen LogP contribution in [0.2, 0.25) is 0 Å². The number of hydrogen-bond donors (Lipinski definition) is 0. The number of para-hydroxylation sites is 8. The summed E-state index contributed by atoms with van der Waals surface area (Å²) in [4.78, 5) is 10.1. The van der Waals surface area contributed by atoms with E-state index in [1.165, 1.54) is 78.6 Å². The lowest BCUT2D eigenvalue weighted by Gasteiger charge is -2.44. The fourth-order valence-corrected chi connectivity index (χ4v) is 13.8. The van der Waals surface area contributed by atoms with Crippen molar-refractivity contribution in [3.05, 3.63) is 274 Å². The Bertz CT molecular complexity index is 4390. The third kappa shape index (κ3) is 6.14. The third-order valence-electron chi connectivity index (χ3n) is 17.2. The zero-order valence-electron chi connectivity index (χ0n) is 43.2. The standard InChI is InChI=1S/C72H50N4O2/c1-43-17-13-25-53-55-27-15-31-63(71(55)77-69(43)53)73(51-21-5-3-6-22-51)61-35-33-47-37-49-42-66-50(41-65(49)75-59-29-11-9-19-45(59)39-57(61)67(47)75)38-48-34-36-62(58-40-46-20-10-12-30-60(46)76(66)68(48)58)74(52-23-7-4-8-24-52)64-32-16-28-56-54-26-14-18-44(2)70(54)78-72(56)64/h3-36,41-42H,37-40H2,1-2H3. The average Bonchev–Trinajstić information content (AvgIpc) is 4.11. The molecule has 0 spiro atoms. The summed E-state index contributed by atoms with van der Waals surface area (Å²) >= 11 is 0. The molecule has 0 atom stereocenters. The van der Waals surface area contributed by atoms with E-state index in [2.05, 4.69) is 252 Å². The number of benzene rings is 11. The first kappa shape index (κ1) is 43.5. The van der Waals surface area contributed by atoms with Crippen molar-refractivity contribution in [2.24, 2.45) is 0 Å². The second-order valence-corrected chi connectivity index (χ2v) is 21.6. The highest BCUT2D eigenvalue weighted by atomic mass is 16.3. The molecule has 0 radical (unpaired) electrons. The summed E-state index contributed by atoms with van der Waals surface area (Å²) in [7, 11) is 0. The van der Waals surface area contributed by atoms with Gasteiger partial charge in [-0.3, -0.25) is 0 Å². The average molecular weight is 1000 g/mol. The van der Waals surface area contributed by atoms with E-state index in [9.17, 15) is 0 Å². The molecule has 0 bridgehead atoms. The highest BCUT2D eigenvalue weighted by Gasteiger charge is 2.39. The van der Waals surface area contributed by atoms with Gasteiger partial charge in [-0.25, -0.2) is 0 Å². The van der Waals surface area contributed by atoms with Gasteiger partial charge < -0.3 is 28.4 Å². The summed E-state index contributed by atoms with van der Waals surface area (Å²) in [5.41, 5.74) is 30.6. The van der Waals surface area contributed by atoms with E-state index < -0.39 is 0 Å². The molecule has 0 aliphatic carbocycles. The molecule has 6 heterocycles. The highest BCUT2D eigenvalue weighted by molar-refractivity contribution is 6.13.